The van der Waals surface area contributed by atoms with Crippen molar-refractivity contribution in [3.63, 3.8) is 0 Å². The van der Waals surface area contributed by atoms with Crippen molar-refractivity contribution in [2.24, 2.45) is 0 Å². The van der Waals surface area contributed by atoms with E-state index in [9.17, 15) is 5.41 Å². The third-order valence-electron chi connectivity index (χ3n) is 9.52. The first-order chi connectivity index (χ1) is 24.2. The topological polar surface area (TPSA) is 62.7 Å². The Hall–Kier alpha value is -6.65. The van der Waals surface area contributed by atoms with Crippen LogP contribution in [0.25, 0.3) is 66.2 Å². The lowest BCUT2D eigenvalue weighted by molar-refractivity contribution is -0.415. The van der Waals surface area contributed by atoms with Gasteiger partial charge in [-0.25, -0.2) is 0 Å². The van der Waals surface area contributed by atoms with Gasteiger partial charge in [-0.1, -0.05) is 133 Å². The van der Waals surface area contributed by atoms with Gasteiger partial charge in [-0.2, -0.15) is 5.43 Å². The summed E-state index contributed by atoms with van der Waals surface area (Å²) in [6, 6.07) is 53.0. The summed E-state index contributed by atoms with van der Waals surface area (Å²) >= 11 is 0. The normalized spacial score (nSPS) is 13.5. The van der Waals surface area contributed by atoms with E-state index in [-0.39, 0.29) is 0 Å². The van der Waals surface area contributed by atoms with E-state index in [2.05, 4.69) is 137 Å². The molecule has 0 spiro atoms. The second-order valence-corrected chi connectivity index (χ2v) is 12.3. The molecule has 0 bridgehead atoms. The molecular weight excluding hydrogens is 597 g/mol. The van der Waals surface area contributed by atoms with Crippen molar-refractivity contribution < 1.29 is 5.10 Å². The number of hydrogen-bond donors (Lipinski definition) is 3. The molecule has 0 saturated carbocycles. The maximum absolute atomic E-state index is 9.52. The Morgan fingerprint density at radius 1 is 0.510 bits per heavy atom. The van der Waals surface area contributed by atoms with E-state index in [4.69, 9.17) is 0 Å². The summed E-state index contributed by atoms with van der Waals surface area (Å²) in [5.74, 6) is 0. The van der Waals surface area contributed by atoms with Crippen molar-refractivity contribution in [3.05, 3.63) is 181 Å². The Kier molecular flexibility index (Phi) is 6.91. The fourth-order valence-electron chi connectivity index (χ4n) is 7.24. The monoisotopic (exact) mass is 627 g/mol. The number of nitrogens with zero attached hydrogens (tertiary/aromatic N) is 1. The first kappa shape index (κ1) is 28.6. The van der Waals surface area contributed by atoms with Gasteiger partial charge in [0.05, 0.1) is 11.3 Å². The molecule has 1 aliphatic carbocycles. The number of hydrogen-bond acceptors (Lipinski definition) is 3. The molecule has 0 amide bonds. The van der Waals surface area contributed by atoms with E-state index in [1.54, 1.807) is 6.20 Å². The third-order valence-corrected chi connectivity index (χ3v) is 9.52. The number of hydrazone groups is 1. The molecule has 1 aromatic heterocycles. The van der Waals surface area contributed by atoms with Gasteiger partial charge in [0.25, 0.3) is 5.71 Å². The molecule has 7 aromatic carbocycles. The first-order valence-corrected chi connectivity index (χ1v) is 16.5. The van der Waals surface area contributed by atoms with E-state index in [0.717, 1.165) is 55.6 Å². The predicted molar refractivity (Wildman–Crippen MR) is 205 cm³/mol. The average molecular weight is 628 g/mol. The van der Waals surface area contributed by atoms with Gasteiger partial charge in [0.15, 0.2) is 0 Å². The van der Waals surface area contributed by atoms with Crippen LogP contribution >= 0.6 is 0 Å². The Morgan fingerprint density at radius 2 is 1.12 bits per heavy atom. The third kappa shape index (κ3) is 4.90. The summed E-state index contributed by atoms with van der Waals surface area (Å²) in [5, 5.41) is 20.1. The van der Waals surface area contributed by atoms with E-state index < -0.39 is 0 Å². The quantitative estimate of drug-likeness (QED) is 0.132. The summed E-state index contributed by atoms with van der Waals surface area (Å²) in [6.07, 6.45) is 5.88. The fourth-order valence-corrected chi connectivity index (χ4v) is 7.24. The van der Waals surface area contributed by atoms with Gasteiger partial charge in [0.2, 0.25) is 0 Å². The van der Waals surface area contributed by atoms with Crippen LogP contribution in [0.1, 0.15) is 16.7 Å². The van der Waals surface area contributed by atoms with Crippen molar-refractivity contribution in [2.75, 3.05) is 5.43 Å². The average Bonchev–Trinajstić information content (AvgIpc) is 3.17. The van der Waals surface area contributed by atoms with Crippen LogP contribution in [-0.4, -0.2) is 16.4 Å². The molecule has 0 radical (unpaired) electrons. The smallest absolute Gasteiger partial charge is 0.260 e. The summed E-state index contributed by atoms with van der Waals surface area (Å²) in [7, 11) is 0. The van der Waals surface area contributed by atoms with E-state index in [1.165, 1.54) is 32.7 Å². The SMILES string of the molecule is N=C1C(=[NH+]Nc2ccc(-c3cccnc3)cc2)C(c2c3ccccc3c(-c3cccc4ccccc34)c3ccccc23)=Cc2ccccc21. The number of benzene rings is 7. The van der Waals surface area contributed by atoms with Crippen molar-refractivity contribution in [1.82, 2.24) is 4.98 Å². The van der Waals surface area contributed by atoms with E-state index >= 15 is 0 Å². The van der Waals surface area contributed by atoms with Crippen LogP contribution in [0, 0.1) is 5.41 Å². The van der Waals surface area contributed by atoms with Crippen molar-refractivity contribution in [1.29, 1.82) is 5.41 Å². The lowest BCUT2D eigenvalue weighted by Crippen LogP contribution is -2.79. The molecular formula is C45H31N4+. The number of aromatic nitrogens is 1. The molecule has 49 heavy (non-hydrogen) atoms. The maximum Gasteiger partial charge on any atom is 0.260 e. The molecule has 4 nitrogen and oxygen atoms in total. The molecule has 8 aromatic rings. The highest BCUT2D eigenvalue weighted by Gasteiger charge is 2.31. The Labute approximate surface area is 284 Å². The molecule has 9 rings (SSSR count). The molecule has 3 N–H and O–H groups in total. The Balaban J connectivity index is 1.26. The van der Waals surface area contributed by atoms with Gasteiger partial charge in [-0.15, -0.1) is 5.10 Å². The van der Waals surface area contributed by atoms with Crippen molar-refractivity contribution in [3.8, 4) is 22.3 Å². The zero-order valence-electron chi connectivity index (χ0n) is 26.6. The predicted octanol–water partition coefficient (Wildman–Crippen LogP) is 9.35. The molecule has 0 unspecified atom stereocenters. The van der Waals surface area contributed by atoms with E-state index in [1.807, 2.05) is 42.6 Å². The fraction of sp³-hybridized carbons (Fsp3) is 0. The van der Waals surface area contributed by atoms with Crippen LogP contribution in [0.2, 0.25) is 0 Å². The van der Waals surface area contributed by atoms with Gasteiger partial charge >= 0.3 is 0 Å². The zero-order valence-corrected chi connectivity index (χ0v) is 26.6. The Bertz CT molecular complexity index is 2570. The second-order valence-electron chi connectivity index (χ2n) is 12.3. The lowest BCUT2D eigenvalue weighted by Gasteiger charge is -2.22. The second kappa shape index (κ2) is 11.9. The zero-order chi connectivity index (χ0) is 32.7. The minimum atomic E-state index is 0.443. The van der Waals surface area contributed by atoms with Gasteiger partial charge in [-0.05, 0) is 84.4 Å². The van der Waals surface area contributed by atoms with Crippen LogP contribution in [-0.2, 0) is 0 Å². The molecule has 0 atom stereocenters. The first-order valence-electron chi connectivity index (χ1n) is 16.5. The van der Waals surface area contributed by atoms with Gasteiger partial charge in [-0.3, -0.25) is 10.4 Å². The summed E-state index contributed by atoms with van der Waals surface area (Å²) in [4.78, 5) is 4.26. The number of fused-ring (bicyclic) bond motifs is 4. The number of anilines is 1. The Morgan fingerprint density at radius 3 is 1.84 bits per heavy atom. The van der Waals surface area contributed by atoms with Gasteiger partial charge in [0.1, 0.15) is 5.71 Å². The molecule has 230 valence electrons. The standard InChI is InChI=1S/C45H30N4/c46-44-35-16-4-2-12-31(35)27-41(45(44)49-48-33-24-22-29(23-25-33)32-14-10-26-47-28-32)43-39-19-7-5-17-37(39)42(38-18-6-8-20-40(38)43)36-21-9-13-30-11-1-3-15-34(30)36/h1-28,46,48H/p+1. The highest BCUT2D eigenvalue weighted by Crippen LogP contribution is 2.45. The van der Waals surface area contributed by atoms with Crippen LogP contribution in [0.15, 0.2) is 164 Å². The number of pyridine rings is 1. The van der Waals surface area contributed by atoms with Crippen LogP contribution in [0.4, 0.5) is 5.69 Å². The number of nitrogens with one attached hydrogen (secondary N) is 3. The largest absolute Gasteiger partial charge is 0.294 e. The minimum absolute atomic E-state index is 0.443. The molecule has 1 heterocycles. The van der Waals surface area contributed by atoms with E-state index in [0.29, 0.717) is 5.71 Å². The molecule has 0 aliphatic heterocycles. The summed E-state index contributed by atoms with van der Waals surface area (Å²) < 4.78 is 0. The van der Waals surface area contributed by atoms with Crippen molar-refractivity contribution >= 4 is 61.1 Å². The molecule has 1 aliphatic rings. The number of rotatable bonds is 5. The van der Waals surface area contributed by atoms with Crippen LogP contribution in [0.3, 0.4) is 0 Å². The number of hydrazine groups is 1. The molecule has 0 saturated heterocycles. The number of allylic oxidation sites excluding steroid dienone is 1. The summed E-state index contributed by atoms with van der Waals surface area (Å²) in [6.45, 7) is 0. The van der Waals surface area contributed by atoms with Crippen molar-refractivity contribution in [2.45, 2.75) is 0 Å². The molecule has 0 fully saturated rings. The van der Waals surface area contributed by atoms with Gasteiger partial charge in [0, 0.05) is 23.5 Å². The van der Waals surface area contributed by atoms with Gasteiger partial charge < -0.3 is 0 Å². The van der Waals surface area contributed by atoms with Crippen LogP contribution < -0.4 is 10.5 Å². The minimum Gasteiger partial charge on any atom is -0.294 e. The maximum atomic E-state index is 9.52. The molecule has 4 heteroatoms. The lowest BCUT2D eigenvalue weighted by atomic mass is 9.80. The summed E-state index contributed by atoms with van der Waals surface area (Å²) in [5.41, 5.74) is 14.1. The highest BCUT2D eigenvalue weighted by atomic mass is 15.3. The highest BCUT2D eigenvalue weighted by molar-refractivity contribution is 6.63. The van der Waals surface area contributed by atoms with Crippen LogP contribution in [0.5, 0.6) is 0 Å².